The summed E-state index contributed by atoms with van der Waals surface area (Å²) in [6, 6.07) is 0. The van der Waals surface area contributed by atoms with E-state index in [0.717, 1.165) is 0 Å². The molecule has 0 N–H and O–H groups in total. The van der Waals surface area contributed by atoms with E-state index in [0.29, 0.717) is 0 Å². The van der Waals surface area contributed by atoms with Crippen LogP contribution in [0.5, 0.6) is 0 Å². The fourth-order valence-electron chi connectivity index (χ4n) is 0.874. The largest absolute Gasteiger partial charge is 0.309 e. The van der Waals surface area contributed by atoms with Crippen molar-refractivity contribution in [3.63, 3.8) is 0 Å². The van der Waals surface area contributed by atoms with Crippen LogP contribution in [0, 0.1) is 5.92 Å². The highest BCUT2D eigenvalue weighted by Gasteiger charge is 1.98. The average molecular weight is 142 g/mol. The topological polar surface area (TPSA) is 3.24 Å². The van der Waals surface area contributed by atoms with E-state index in [9.17, 15) is 0 Å². The van der Waals surface area contributed by atoms with Crippen molar-refractivity contribution in [1.29, 1.82) is 0 Å². The van der Waals surface area contributed by atoms with E-state index in [1.54, 1.807) is 5.92 Å². The second kappa shape index (κ2) is 5.72. The van der Waals surface area contributed by atoms with Gasteiger partial charge in [-0.2, -0.15) is 0 Å². The molecule has 0 aromatic carbocycles. The maximum atomic E-state index is 2.25. The van der Waals surface area contributed by atoms with Gasteiger partial charge in [-0.25, -0.2) is 0 Å². The van der Waals surface area contributed by atoms with Crippen LogP contribution in [0.2, 0.25) is 0 Å². The highest BCUT2D eigenvalue weighted by atomic mass is 15.0. The lowest BCUT2D eigenvalue weighted by Crippen LogP contribution is -2.13. The van der Waals surface area contributed by atoms with Gasteiger partial charge in [0, 0.05) is 0 Å². The zero-order valence-corrected chi connectivity index (χ0v) is 7.78. The Kier molecular flexibility index (Phi) is 5.70. The summed E-state index contributed by atoms with van der Waals surface area (Å²) in [5.74, 6) is 1.63. The Labute approximate surface area is 65.4 Å². The minimum atomic E-state index is 1.22. The molecule has 0 saturated heterocycles. The van der Waals surface area contributed by atoms with Crippen molar-refractivity contribution in [3.8, 4) is 0 Å². The standard InChI is InChI=1S/C9H20N/c1-5-9(2)7-6-8-10(3)4/h5-8H2,1-4H3. The lowest BCUT2D eigenvalue weighted by atomic mass is 10.0. The van der Waals surface area contributed by atoms with Crippen molar-refractivity contribution >= 4 is 0 Å². The summed E-state index contributed by atoms with van der Waals surface area (Å²) in [5.41, 5.74) is 0. The maximum absolute atomic E-state index is 2.25. The Hall–Kier alpha value is -0.0400. The van der Waals surface area contributed by atoms with E-state index in [1.807, 2.05) is 0 Å². The molecule has 0 aliphatic carbocycles. The first-order valence-corrected chi connectivity index (χ1v) is 4.12. The Balaban J connectivity index is 3.03. The van der Waals surface area contributed by atoms with Gasteiger partial charge in [-0.1, -0.05) is 20.3 Å². The second-order valence-corrected chi connectivity index (χ2v) is 3.22. The fraction of sp³-hybridized carbons (Fsp3) is 0.889. The van der Waals surface area contributed by atoms with Gasteiger partial charge < -0.3 is 4.90 Å². The summed E-state index contributed by atoms with van der Waals surface area (Å²) >= 11 is 0. The fourth-order valence-corrected chi connectivity index (χ4v) is 0.874. The molecule has 61 valence electrons. The van der Waals surface area contributed by atoms with Crippen LogP contribution >= 0.6 is 0 Å². The van der Waals surface area contributed by atoms with Gasteiger partial charge in [0.25, 0.3) is 0 Å². The Morgan fingerprint density at radius 1 is 1.30 bits per heavy atom. The molecule has 0 atom stereocenters. The van der Waals surface area contributed by atoms with Crippen molar-refractivity contribution in [2.75, 3.05) is 20.6 Å². The van der Waals surface area contributed by atoms with Gasteiger partial charge in [0.05, 0.1) is 0 Å². The smallest absolute Gasteiger partial charge is 0.00246 e. The van der Waals surface area contributed by atoms with Crippen LogP contribution in [-0.4, -0.2) is 25.5 Å². The number of rotatable bonds is 5. The first kappa shape index (κ1) is 9.96. The zero-order valence-electron chi connectivity index (χ0n) is 7.78. The molecule has 0 unspecified atom stereocenters. The van der Waals surface area contributed by atoms with E-state index < -0.39 is 0 Å². The minimum Gasteiger partial charge on any atom is -0.309 e. The van der Waals surface area contributed by atoms with Crippen LogP contribution in [-0.2, 0) is 0 Å². The van der Waals surface area contributed by atoms with E-state index >= 15 is 0 Å². The lowest BCUT2D eigenvalue weighted by Gasteiger charge is -2.11. The van der Waals surface area contributed by atoms with Gasteiger partial charge in [-0.05, 0) is 39.4 Å². The predicted molar refractivity (Wildman–Crippen MR) is 47.0 cm³/mol. The van der Waals surface area contributed by atoms with Crippen LogP contribution in [0.25, 0.3) is 0 Å². The maximum Gasteiger partial charge on any atom is -0.00246 e. The van der Waals surface area contributed by atoms with Crippen molar-refractivity contribution < 1.29 is 0 Å². The molecule has 0 aliphatic rings. The quantitative estimate of drug-likeness (QED) is 0.569. The first-order chi connectivity index (χ1) is 4.66. The van der Waals surface area contributed by atoms with Gasteiger partial charge in [0.1, 0.15) is 0 Å². The molecule has 0 fully saturated rings. The normalized spacial score (nSPS) is 11.4. The van der Waals surface area contributed by atoms with Crippen LogP contribution in [0.3, 0.4) is 0 Å². The van der Waals surface area contributed by atoms with E-state index in [2.05, 4.69) is 32.8 Å². The summed E-state index contributed by atoms with van der Waals surface area (Å²) in [7, 11) is 4.25. The monoisotopic (exact) mass is 142 g/mol. The molecule has 1 heteroatoms. The van der Waals surface area contributed by atoms with Crippen LogP contribution in [0.1, 0.15) is 33.1 Å². The molecule has 0 saturated carbocycles. The predicted octanol–water partition coefficient (Wildman–Crippen LogP) is 2.33. The molecule has 0 heterocycles. The Bertz CT molecular complexity index is 69.1. The summed E-state index contributed by atoms with van der Waals surface area (Å²) in [5, 5.41) is 0. The van der Waals surface area contributed by atoms with Crippen molar-refractivity contribution in [2.24, 2.45) is 0 Å². The highest BCUT2D eigenvalue weighted by Crippen LogP contribution is 2.11. The van der Waals surface area contributed by atoms with Gasteiger partial charge in [0.2, 0.25) is 0 Å². The number of hydrogen-bond donors (Lipinski definition) is 0. The van der Waals surface area contributed by atoms with Crippen molar-refractivity contribution in [1.82, 2.24) is 4.90 Å². The average Bonchev–Trinajstić information content (AvgIpc) is 1.87. The van der Waals surface area contributed by atoms with Gasteiger partial charge >= 0.3 is 0 Å². The molecule has 0 amide bonds. The summed E-state index contributed by atoms with van der Waals surface area (Å²) in [6.45, 7) is 5.69. The summed E-state index contributed by atoms with van der Waals surface area (Å²) < 4.78 is 0. The third-order valence-electron chi connectivity index (χ3n) is 1.81. The molecule has 0 rings (SSSR count). The van der Waals surface area contributed by atoms with Gasteiger partial charge in [0.15, 0.2) is 0 Å². The minimum absolute atomic E-state index is 1.22. The molecule has 0 aliphatic heterocycles. The second-order valence-electron chi connectivity index (χ2n) is 3.22. The highest BCUT2D eigenvalue weighted by molar-refractivity contribution is 4.81. The third-order valence-corrected chi connectivity index (χ3v) is 1.81. The molecular weight excluding hydrogens is 122 g/mol. The Morgan fingerprint density at radius 3 is 2.30 bits per heavy atom. The molecule has 0 spiro atoms. The summed E-state index contributed by atoms with van der Waals surface area (Å²) in [6.07, 6.45) is 3.86. The lowest BCUT2D eigenvalue weighted by molar-refractivity contribution is 0.395. The molecule has 0 aromatic rings. The van der Waals surface area contributed by atoms with Crippen LogP contribution in [0.15, 0.2) is 0 Å². The zero-order chi connectivity index (χ0) is 7.98. The van der Waals surface area contributed by atoms with Gasteiger partial charge in [-0.15, -0.1) is 0 Å². The molecule has 0 bridgehead atoms. The molecule has 10 heavy (non-hydrogen) atoms. The summed E-state index contributed by atoms with van der Waals surface area (Å²) in [4.78, 5) is 2.24. The van der Waals surface area contributed by atoms with E-state index in [1.165, 1.54) is 25.8 Å². The molecular formula is C9H20N. The molecule has 1 radical (unpaired) electrons. The number of hydrogen-bond acceptors (Lipinski definition) is 1. The van der Waals surface area contributed by atoms with Gasteiger partial charge in [-0.3, -0.25) is 0 Å². The van der Waals surface area contributed by atoms with Crippen molar-refractivity contribution in [3.05, 3.63) is 5.92 Å². The molecule has 1 nitrogen and oxygen atoms in total. The SMILES string of the molecule is CC[C](C)CCCN(C)C. The Morgan fingerprint density at radius 2 is 1.90 bits per heavy atom. The first-order valence-electron chi connectivity index (χ1n) is 4.12. The third kappa shape index (κ3) is 6.09. The molecule has 0 aromatic heterocycles. The van der Waals surface area contributed by atoms with Crippen molar-refractivity contribution in [2.45, 2.75) is 33.1 Å². The van der Waals surface area contributed by atoms with Crippen LogP contribution in [0.4, 0.5) is 0 Å². The van der Waals surface area contributed by atoms with E-state index in [4.69, 9.17) is 0 Å². The van der Waals surface area contributed by atoms with E-state index in [-0.39, 0.29) is 0 Å². The van der Waals surface area contributed by atoms with Crippen LogP contribution < -0.4 is 0 Å². The number of nitrogens with zero attached hydrogens (tertiary/aromatic N) is 1.